The van der Waals surface area contributed by atoms with Crippen molar-refractivity contribution in [2.75, 3.05) is 18.8 Å². The number of piperidine rings is 1. The van der Waals surface area contributed by atoms with Gasteiger partial charge in [0.1, 0.15) is 10.7 Å². The number of imidazole rings is 1. The Labute approximate surface area is 203 Å². The molecular weight excluding hydrogens is 483 g/mol. The highest BCUT2D eigenvalue weighted by Gasteiger charge is 2.27. The van der Waals surface area contributed by atoms with E-state index in [2.05, 4.69) is 14.4 Å². The lowest BCUT2D eigenvalue weighted by Crippen LogP contribution is -2.38. The monoisotopic (exact) mass is 506 g/mol. The van der Waals surface area contributed by atoms with Crippen LogP contribution >= 0.6 is 24.0 Å². The van der Waals surface area contributed by atoms with Crippen molar-refractivity contribution < 1.29 is 13.2 Å². The van der Waals surface area contributed by atoms with E-state index >= 15 is 0 Å². The van der Waals surface area contributed by atoms with Crippen molar-refractivity contribution in [3.8, 4) is 0 Å². The number of hydrogen-bond acceptors (Lipinski definition) is 4. The number of fused-ring (bicyclic) bond motifs is 2. The SMILES string of the molecule is Cl.O=C(CCS(=O)(=O)c1cc2cc(Cl)ccc2[nH]1)N1CCC(c2cnc3ccccn23)CC1. The van der Waals surface area contributed by atoms with E-state index in [0.717, 1.165) is 29.6 Å². The number of carbonyl (C=O) groups excluding carboxylic acids is 1. The zero-order chi connectivity index (χ0) is 22.3. The van der Waals surface area contributed by atoms with Gasteiger partial charge in [0.25, 0.3) is 0 Å². The van der Waals surface area contributed by atoms with Gasteiger partial charge in [0.15, 0.2) is 9.84 Å². The highest BCUT2D eigenvalue weighted by Crippen LogP contribution is 2.29. The maximum atomic E-state index is 12.8. The zero-order valence-electron chi connectivity index (χ0n) is 17.8. The van der Waals surface area contributed by atoms with Gasteiger partial charge in [-0.05, 0) is 49.2 Å². The average molecular weight is 507 g/mol. The molecule has 33 heavy (non-hydrogen) atoms. The molecule has 174 valence electrons. The number of rotatable bonds is 5. The molecule has 0 spiro atoms. The van der Waals surface area contributed by atoms with E-state index in [-0.39, 0.29) is 35.5 Å². The second-order valence-corrected chi connectivity index (χ2v) is 10.7. The molecular formula is C23H24Cl2N4O3S. The lowest BCUT2D eigenvalue weighted by molar-refractivity contribution is -0.131. The molecule has 1 amide bonds. The van der Waals surface area contributed by atoms with Gasteiger partial charge in [0, 0.05) is 59.4 Å². The van der Waals surface area contributed by atoms with Crippen LogP contribution in [0.4, 0.5) is 0 Å². The van der Waals surface area contributed by atoms with Crippen LogP contribution in [0.15, 0.2) is 59.9 Å². The quantitative estimate of drug-likeness (QED) is 0.432. The Kier molecular flexibility index (Phi) is 6.70. The van der Waals surface area contributed by atoms with Crippen molar-refractivity contribution in [3.05, 3.63) is 65.6 Å². The lowest BCUT2D eigenvalue weighted by atomic mass is 9.93. The Morgan fingerprint density at radius 2 is 1.94 bits per heavy atom. The smallest absolute Gasteiger partial charge is 0.223 e. The van der Waals surface area contributed by atoms with Crippen LogP contribution in [0.3, 0.4) is 0 Å². The van der Waals surface area contributed by atoms with E-state index in [1.807, 2.05) is 30.6 Å². The predicted molar refractivity (Wildman–Crippen MR) is 131 cm³/mol. The van der Waals surface area contributed by atoms with Gasteiger partial charge < -0.3 is 14.3 Å². The van der Waals surface area contributed by atoms with Crippen molar-refractivity contribution in [2.24, 2.45) is 0 Å². The molecule has 0 radical (unpaired) electrons. The first-order valence-electron chi connectivity index (χ1n) is 10.6. The number of nitrogens with one attached hydrogen (secondary N) is 1. The highest BCUT2D eigenvalue weighted by atomic mass is 35.5. The number of pyridine rings is 1. The first-order chi connectivity index (χ1) is 15.4. The van der Waals surface area contributed by atoms with Gasteiger partial charge in [-0.15, -0.1) is 12.4 Å². The van der Waals surface area contributed by atoms with Crippen molar-refractivity contribution >= 4 is 56.3 Å². The van der Waals surface area contributed by atoms with Crippen LogP contribution in [-0.2, 0) is 14.6 Å². The summed E-state index contributed by atoms with van der Waals surface area (Å²) in [5.41, 5.74) is 2.79. The number of sulfone groups is 1. The van der Waals surface area contributed by atoms with Crippen LogP contribution in [0.25, 0.3) is 16.6 Å². The number of aromatic amines is 1. The van der Waals surface area contributed by atoms with Gasteiger partial charge in [-0.2, -0.15) is 0 Å². The zero-order valence-corrected chi connectivity index (χ0v) is 20.2. The van der Waals surface area contributed by atoms with Gasteiger partial charge in [0.05, 0.1) is 5.75 Å². The summed E-state index contributed by atoms with van der Waals surface area (Å²) in [7, 11) is -3.60. The van der Waals surface area contributed by atoms with Crippen LogP contribution in [0.5, 0.6) is 0 Å². The number of likely N-dealkylation sites (tertiary alicyclic amines) is 1. The third-order valence-corrected chi connectivity index (χ3v) is 8.06. The fourth-order valence-electron chi connectivity index (χ4n) is 4.41. The number of amides is 1. The fraction of sp³-hybridized carbons (Fsp3) is 0.304. The summed E-state index contributed by atoms with van der Waals surface area (Å²) in [6.07, 6.45) is 5.57. The van der Waals surface area contributed by atoms with Crippen LogP contribution in [0.2, 0.25) is 5.02 Å². The summed E-state index contributed by atoms with van der Waals surface area (Å²) in [6.45, 7) is 1.24. The van der Waals surface area contributed by atoms with Crippen molar-refractivity contribution in [3.63, 3.8) is 0 Å². The minimum Gasteiger partial charge on any atom is -0.346 e. The molecule has 3 aromatic heterocycles. The molecule has 0 aliphatic carbocycles. The normalized spacial score (nSPS) is 15.1. The molecule has 10 heteroatoms. The van der Waals surface area contributed by atoms with Crippen LogP contribution < -0.4 is 0 Å². The summed E-state index contributed by atoms with van der Waals surface area (Å²) in [5, 5.41) is 1.40. The molecule has 1 N–H and O–H groups in total. The average Bonchev–Trinajstić information content (AvgIpc) is 3.42. The van der Waals surface area contributed by atoms with E-state index in [1.54, 1.807) is 29.2 Å². The van der Waals surface area contributed by atoms with Crippen molar-refractivity contribution in [1.29, 1.82) is 0 Å². The topological polar surface area (TPSA) is 87.5 Å². The summed E-state index contributed by atoms with van der Waals surface area (Å²) in [6, 6.07) is 12.7. The third kappa shape index (κ3) is 4.74. The third-order valence-electron chi connectivity index (χ3n) is 6.19. The number of H-pyrrole nitrogens is 1. The molecule has 1 aliphatic heterocycles. The second kappa shape index (κ2) is 9.37. The molecule has 5 rings (SSSR count). The van der Waals surface area contributed by atoms with E-state index in [0.29, 0.717) is 29.5 Å². The second-order valence-electron chi connectivity index (χ2n) is 8.20. The molecule has 7 nitrogen and oxygen atoms in total. The maximum absolute atomic E-state index is 12.8. The maximum Gasteiger partial charge on any atom is 0.223 e. The van der Waals surface area contributed by atoms with Gasteiger partial charge in [-0.1, -0.05) is 17.7 Å². The van der Waals surface area contributed by atoms with E-state index in [4.69, 9.17) is 11.6 Å². The standard InChI is InChI=1S/C23H23ClN4O3S.ClH/c24-18-4-5-19-17(13-18)14-22(26-19)32(30,31)12-8-23(29)27-10-6-16(7-11-27)20-15-25-21-3-1-2-9-28(20)21;/h1-5,9,13-16,26H,6-8,10-12H2;1H. The number of benzene rings is 1. The van der Waals surface area contributed by atoms with Gasteiger partial charge in [-0.25, -0.2) is 13.4 Å². The molecule has 1 saturated heterocycles. The number of nitrogens with zero attached hydrogens (tertiary/aromatic N) is 3. The molecule has 4 aromatic rings. The highest BCUT2D eigenvalue weighted by molar-refractivity contribution is 7.91. The summed E-state index contributed by atoms with van der Waals surface area (Å²) in [4.78, 5) is 21.9. The van der Waals surface area contributed by atoms with Gasteiger partial charge >= 0.3 is 0 Å². The van der Waals surface area contributed by atoms with E-state index in [1.165, 1.54) is 0 Å². The fourth-order valence-corrected chi connectivity index (χ4v) is 5.83. The van der Waals surface area contributed by atoms with Gasteiger partial charge in [0.2, 0.25) is 5.91 Å². The molecule has 0 unspecified atom stereocenters. The number of hydrogen-bond donors (Lipinski definition) is 1. The van der Waals surface area contributed by atoms with E-state index < -0.39 is 9.84 Å². The Hall–Kier alpha value is -2.55. The largest absolute Gasteiger partial charge is 0.346 e. The Morgan fingerprint density at radius 3 is 2.73 bits per heavy atom. The molecule has 0 bridgehead atoms. The molecule has 4 heterocycles. The van der Waals surface area contributed by atoms with Crippen molar-refractivity contribution in [1.82, 2.24) is 19.3 Å². The molecule has 1 aromatic carbocycles. The predicted octanol–water partition coefficient (Wildman–Crippen LogP) is 4.46. The number of carbonyl (C=O) groups is 1. The van der Waals surface area contributed by atoms with Gasteiger partial charge in [-0.3, -0.25) is 4.79 Å². The Bertz CT molecular complexity index is 1410. The summed E-state index contributed by atoms with van der Waals surface area (Å²) >= 11 is 5.98. The first kappa shape index (κ1) is 23.6. The first-order valence-corrected chi connectivity index (χ1v) is 12.6. The molecule has 1 aliphatic rings. The minimum atomic E-state index is -3.60. The van der Waals surface area contributed by atoms with Crippen molar-refractivity contribution in [2.45, 2.75) is 30.2 Å². The van der Waals surface area contributed by atoms with E-state index in [9.17, 15) is 13.2 Å². The van der Waals surface area contributed by atoms with Crippen LogP contribution in [0, 0.1) is 0 Å². The number of aromatic nitrogens is 3. The molecule has 0 atom stereocenters. The summed E-state index contributed by atoms with van der Waals surface area (Å²) in [5.74, 6) is -0.0118. The lowest BCUT2D eigenvalue weighted by Gasteiger charge is -2.32. The summed E-state index contributed by atoms with van der Waals surface area (Å²) < 4.78 is 27.6. The molecule has 1 fully saturated rings. The number of halogens is 2. The minimum absolute atomic E-state index is 0. The molecule has 0 saturated carbocycles. The van der Waals surface area contributed by atoms with Crippen LogP contribution in [-0.4, -0.2) is 52.4 Å². The Morgan fingerprint density at radius 1 is 1.15 bits per heavy atom. The van der Waals surface area contributed by atoms with Crippen LogP contribution in [0.1, 0.15) is 30.9 Å². The Balaban J connectivity index is 0.00000259.